The van der Waals surface area contributed by atoms with Gasteiger partial charge in [-0.05, 0) is 55.7 Å². The Hall–Kier alpha value is -1.79. The van der Waals surface area contributed by atoms with Crippen molar-refractivity contribution in [2.75, 3.05) is 26.8 Å². The van der Waals surface area contributed by atoms with Gasteiger partial charge in [0, 0.05) is 31.3 Å². The average molecular weight is 441 g/mol. The third-order valence-electron chi connectivity index (χ3n) is 4.35. The van der Waals surface area contributed by atoms with Crippen LogP contribution in [0, 0.1) is 0 Å². The van der Waals surface area contributed by atoms with Gasteiger partial charge < -0.3 is 20.1 Å². The molecule has 0 bridgehead atoms. The summed E-state index contributed by atoms with van der Waals surface area (Å²) in [5, 5.41) is 6.79. The SMILES string of the molecule is CCOC(CNC(C)Cc1ccc(OCC(=O)NC)cc1)c1cccc(Cl)c1.Cl. The normalized spacial score (nSPS) is 12.6. The number of carbonyl (C=O) groups excluding carboxylic acids is 1. The van der Waals surface area contributed by atoms with E-state index in [1.807, 2.05) is 55.5 Å². The number of hydrogen-bond acceptors (Lipinski definition) is 4. The highest BCUT2D eigenvalue weighted by atomic mass is 35.5. The van der Waals surface area contributed by atoms with E-state index in [0.717, 1.165) is 12.0 Å². The predicted octanol–water partition coefficient (Wildman–Crippen LogP) is 4.19. The van der Waals surface area contributed by atoms with Gasteiger partial charge in [0.1, 0.15) is 5.75 Å². The van der Waals surface area contributed by atoms with Gasteiger partial charge in [0.2, 0.25) is 0 Å². The molecular weight excluding hydrogens is 411 g/mol. The van der Waals surface area contributed by atoms with Gasteiger partial charge in [-0.25, -0.2) is 0 Å². The first-order chi connectivity index (χ1) is 13.5. The van der Waals surface area contributed by atoms with Crippen LogP contribution in [0.15, 0.2) is 48.5 Å². The van der Waals surface area contributed by atoms with Crippen LogP contribution in [0.3, 0.4) is 0 Å². The fraction of sp³-hybridized carbons (Fsp3) is 0.409. The summed E-state index contributed by atoms with van der Waals surface area (Å²) in [5.74, 6) is 0.538. The first-order valence-electron chi connectivity index (χ1n) is 9.54. The first-order valence-corrected chi connectivity index (χ1v) is 9.92. The van der Waals surface area contributed by atoms with Gasteiger partial charge in [0.15, 0.2) is 6.61 Å². The number of halogens is 2. The third-order valence-corrected chi connectivity index (χ3v) is 4.59. The molecule has 2 aromatic carbocycles. The van der Waals surface area contributed by atoms with Crippen molar-refractivity contribution < 1.29 is 14.3 Å². The summed E-state index contributed by atoms with van der Waals surface area (Å²) in [5.41, 5.74) is 2.27. The summed E-state index contributed by atoms with van der Waals surface area (Å²) in [6.45, 7) is 5.52. The predicted molar refractivity (Wildman–Crippen MR) is 120 cm³/mol. The van der Waals surface area contributed by atoms with Gasteiger partial charge in [-0.2, -0.15) is 0 Å². The smallest absolute Gasteiger partial charge is 0.257 e. The molecule has 0 aliphatic heterocycles. The van der Waals surface area contributed by atoms with Crippen LogP contribution in [0.5, 0.6) is 5.75 Å². The van der Waals surface area contributed by atoms with Crippen LogP contribution in [0.1, 0.15) is 31.1 Å². The van der Waals surface area contributed by atoms with E-state index in [4.69, 9.17) is 21.1 Å². The van der Waals surface area contributed by atoms with Crippen molar-refractivity contribution in [3.8, 4) is 5.75 Å². The molecule has 0 saturated carbocycles. The minimum absolute atomic E-state index is 0. The Morgan fingerprint density at radius 3 is 2.52 bits per heavy atom. The van der Waals surface area contributed by atoms with E-state index in [0.29, 0.717) is 23.9 Å². The van der Waals surface area contributed by atoms with E-state index in [-0.39, 0.29) is 37.1 Å². The molecule has 2 N–H and O–H groups in total. The fourth-order valence-corrected chi connectivity index (χ4v) is 3.06. The number of carbonyl (C=O) groups is 1. The maximum Gasteiger partial charge on any atom is 0.257 e. The van der Waals surface area contributed by atoms with E-state index < -0.39 is 0 Å². The number of benzene rings is 2. The highest BCUT2D eigenvalue weighted by molar-refractivity contribution is 6.30. The quantitative estimate of drug-likeness (QED) is 0.549. The molecule has 0 radical (unpaired) electrons. The minimum atomic E-state index is -0.148. The maximum absolute atomic E-state index is 11.2. The minimum Gasteiger partial charge on any atom is -0.484 e. The zero-order chi connectivity index (χ0) is 20.4. The van der Waals surface area contributed by atoms with E-state index in [1.54, 1.807) is 7.05 Å². The molecule has 0 saturated heterocycles. The third kappa shape index (κ3) is 9.05. The Morgan fingerprint density at radius 2 is 1.90 bits per heavy atom. The molecule has 7 heteroatoms. The zero-order valence-electron chi connectivity index (χ0n) is 17.1. The van der Waals surface area contributed by atoms with E-state index in [2.05, 4.69) is 17.6 Å². The number of amides is 1. The monoisotopic (exact) mass is 440 g/mol. The molecule has 0 aliphatic carbocycles. The highest BCUT2D eigenvalue weighted by Crippen LogP contribution is 2.21. The Labute approximate surface area is 184 Å². The molecule has 0 fully saturated rings. The highest BCUT2D eigenvalue weighted by Gasteiger charge is 2.14. The van der Waals surface area contributed by atoms with Crippen LogP contribution in [0.25, 0.3) is 0 Å². The van der Waals surface area contributed by atoms with Crippen LogP contribution in [0.4, 0.5) is 0 Å². The van der Waals surface area contributed by atoms with Gasteiger partial charge in [0.25, 0.3) is 5.91 Å². The summed E-state index contributed by atoms with van der Waals surface area (Å²) >= 11 is 6.11. The lowest BCUT2D eigenvalue weighted by Gasteiger charge is -2.21. The standard InChI is InChI=1S/C22H29ClN2O3.ClH/c1-4-27-21(18-6-5-7-19(23)13-18)14-25-16(2)12-17-8-10-20(11-9-17)28-15-22(26)24-3;/h5-11,13,16,21,25H,4,12,14-15H2,1-3H3,(H,24,26);1H. The molecular formula is C22H30Cl2N2O3. The van der Waals surface area contributed by atoms with E-state index in [1.165, 1.54) is 5.56 Å². The van der Waals surface area contributed by atoms with Crippen molar-refractivity contribution in [3.63, 3.8) is 0 Å². The topological polar surface area (TPSA) is 59.6 Å². The Balaban J connectivity index is 0.00000420. The molecule has 0 aromatic heterocycles. The number of likely N-dealkylation sites (N-methyl/N-ethyl adjacent to an activating group) is 1. The van der Waals surface area contributed by atoms with Gasteiger partial charge in [0.05, 0.1) is 6.10 Å². The van der Waals surface area contributed by atoms with Crippen LogP contribution in [-0.2, 0) is 16.0 Å². The van der Waals surface area contributed by atoms with Crippen molar-refractivity contribution >= 4 is 29.9 Å². The summed E-state index contributed by atoms with van der Waals surface area (Å²) < 4.78 is 11.3. The molecule has 160 valence electrons. The van der Waals surface area contributed by atoms with Crippen LogP contribution in [0.2, 0.25) is 5.02 Å². The van der Waals surface area contributed by atoms with Crippen molar-refractivity contribution in [3.05, 3.63) is 64.7 Å². The fourth-order valence-electron chi connectivity index (χ4n) is 2.86. The first kappa shape index (κ1) is 25.2. The van der Waals surface area contributed by atoms with Gasteiger partial charge in [-0.15, -0.1) is 12.4 Å². The molecule has 0 aliphatic rings. The summed E-state index contributed by atoms with van der Waals surface area (Å²) in [6.07, 6.45) is 0.844. The molecule has 1 amide bonds. The van der Waals surface area contributed by atoms with E-state index in [9.17, 15) is 4.79 Å². The summed E-state index contributed by atoms with van der Waals surface area (Å²) in [4.78, 5) is 11.2. The lowest BCUT2D eigenvalue weighted by molar-refractivity contribution is -0.122. The second kappa shape index (κ2) is 13.4. The van der Waals surface area contributed by atoms with Gasteiger partial charge >= 0.3 is 0 Å². The molecule has 0 spiro atoms. The van der Waals surface area contributed by atoms with Crippen molar-refractivity contribution in [1.29, 1.82) is 0 Å². The lowest BCUT2D eigenvalue weighted by atomic mass is 10.1. The zero-order valence-corrected chi connectivity index (χ0v) is 18.7. The molecule has 2 aromatic rings. The Bertz CT molecular complexity index is 741. The van der Waals surface area contributed by atoms with Crippen LogP contribution < -0.4 is 15.4 Å². The van der Waals surface area contributed by atoms with Crippen molar-refractivity contribution in [2.45, 2.75) is 32.4 Å². The molecule has 2 unspecified atom stereocenters. The van der Waals surface area contributed by atoms with E-state index >= 15 is 0 Å². The number of rotatable bonds is 11. The number of ether oxygens (including phenoxy) is 2. The molecule has 5 nitrogen and oxygen atoms in total. The average Bonchev–Trinajstić information content (AvgIpc) is 2.70. The second-order valence-corrected chi connectivity index (χ2v) is 7.05. The van der Waals surface area contributed by atoms with Gasteiger partial charge in [-0.1, -0.05) is 35.9 Å². The Kier molecular flexibility index (Phi) is 11.7. The number of hydrogen-bond donors (Lipinski definition) is 2. The largest absolute Gasteiger partial charge is 0.484 e. The number of nitrogens with one attached hydrogen (secondary N) is 2. The van der Waals surface area contributed by atoms with Crippen molar-refractivity contribution in [2.24, 2.45) is 0 Å². The molecule has 0 heterocycles. The Morgan fingerprint density at radius 1 is 1.17 bits per heavy atom. The molecule has 2 atom stereocenters. The van der Waals surface area contributed by atoms with Crippen LogP contribution >= 0.6 is 24.0 Å². The van der Waals surface area contributed by atoms with Gasteiger partial charge in [-0.3, -0.25) is 4.79 Å². The lowest BCUT2D eigenvalue weighted by Crippen LogP contribution is -2.33. The summed E-state index contributed by atoms with van der Waals surface area (Å²) in [7, 11) is 1.59. The molecule has 29 heavy (non-hydrogen) atoms. The van der Waals surface area contributed by atoms with Crippen LogP contribution in [-0.4, -0.2) is 38.8 Å². The maximum atomic E-state index is 11.2. The summed E-state index contributed by atoms with van der Waals surface area (Å²) in [6, 6.07) is 15.9. The molecule has 2 rings (SSSR count). The second-order valence-electron chi connectivity index (χ2n) is 6.62. The van der Waals surface area contributed by atoms with Crippen molar-refractivity contribution in [1.82, 2.24) is 10.6 Å².